The van der Waals surface area contributed by atoms with Gasteiger partial charge in [-0.15, -0.1) is 16.4 Å². The third-order valence-electron chi connectivity index (χ3n) is 6.79. The summed E-state index contributed by atoms with van der Waals surface area (Å²) < 4.78 is 10.4. The van der Waals surface area contributed by atoms with Crippen molar-refractivity contribution < 1.29 is 9.53 Å². The number of halogens is 1. The molecule has 0 N–H and O–H groups in total. The fraction of sp³-hybridized carbons (Fsp3) is 0.357. The summed E-state index contributed by atoms with van der Waals surface area (Å²) in [6.45, 7) is 6.39. The molecule has 1 aromatic carbocycles. The van der Waals surface area contributed by atoms with Crippen LogP contribution in [-0.2, 0) is 6.42 Å². The van der Waals surface area contributed by atoms with Crippen molar-refractivity contribution in [3.63, 3.8) is 0 Å². The second-order valence-electron chi connectivity index (χ2n) is 9.69. The number of benzene rings is 1. The number of hydrogen-bond acceptors (Lipinski definition) is 7. The zero-order valence-corrected chi connectivity index (χ0v) is 23.0. The summed E-state index contributed by atoms with van der Waals surface area (Å²) in [5, 5.41) is 8.63. The van der Waals surface area contributed by atoms with Gasteiger partial charge in [0, 0.05) is 50.3 Å². The van der Waals surface area contributed by atoms with Crippen molar-refractivity contribution in [1.29, 1.82) is 0 Å². The van der Waals surface area contributed by atoms with Crippen LogP contribution in [0.25, 0.3) is 11.4 Å². The normalized spacial score (nSPS) is 14.7. The molecule has 38 heavy (non-hydrogen) atoms. The highest BCUT2D eigenvalue weighted by Gasteiger charge is 2.24. The second kappa shape index (κ2) is 11.6. The lowest BCUT2D eigenvalue weighted by Crippen LogP contribution is -2.41. The summed E-state index contributed by atoms with van der Waals surface area (Å²) in [6, 6.07) is 14.7. The number of piperidine rings is 1. The lowest BCUT2D eigenvalue weighted by Gasteiger charge is -2.34. The van der Waals surface area contributed by atoms with Gasteiger partial charge in [-0.25, -0.2) is 4.68 Å². The number of Topliss-reactive ketones (excluding diaryl/α,β-unsaturated/α-hetero) is 1. The molecular weight excluding hydrogens is 522 g/mol. The average Bonchev–Trinajstić information content (AvgIpc) is 3.57. The molecule has 0 radical (unpaired) electrons. The van der Waals surface area contributed by atoms with Crippen LogP contribution >= 0.6 is 22.9 Å². The van der Waals surface area contributed by atoms with Crippen molar-refractivity contribution >= 4 is 28.7 Å². The molecule has 0 saturated carbocycles. The van der Waals surface area contributed by atoms with E-state index in [4.69, 9.17) is 16.3 Å². The first-order valence-corrected chi connectivity index (χ1v) is 14.0. The number of carbonyl (C=O) groups excluding carboxylic acids is 1. The van der Waals surface area contributed by atoms with E-state index in [1.807, 2.05) is 30.5 Å². The van der Waals surface area contributed by atoms with Crippen LogP contribution in [0.5, 0.6) is 5.75 Å². The summed E-state index contributed by atoms with van der Waals surface area (Å²) in [5.74, 6) is 0.674. The fourth-order valence-electron chi connectivity index (χ4n) is 4.63. The largest absolute Gasteiger partial charge is 0.488 e. The average molecular weight is 552 g/mol. The maximum atomic E-state index is 12.5. The van der Waals surface area contributed by atoms with E-state index in [-0.39, 0.29) is 17.4 Å². The van der Waals surface area contributed by atoms with Crippen molar-refractivity contribution in [1.82, 2.24) is 24.5 Å². The number of ketones is 1. The van der Waals surface area contributed by atoms with E-state index in [0.29, 0.717) is 39.5 Å². The second-order valence-corrected chi connectivity index (χ2v) is 11.4. The Morgan fingerprint density at radius 1 is 1.16 bits per heavy atom. The molecule has 0 aliphatic carbocycles. The molecule has 4 aromatic rings. The van der Waals surface area contributed by atoms with Crippen molar-refractivity contribution in [2.24, 2.45) is 0 Å². The molecule has 0 bridgehead atoms. The van der Waals surface area contributed by atoms with Gasteiger partial charge in [-0.1, -0.05) is 22.9 Å². The Balaban J connectivity index is 1.38. The molecule has 0 unspecified atom stereocenters. The summed E-state index contributed by atoms with van der Waals surface area (Å²) in [4.78, 5) is 28.1. The van der Waals surface area contributed by atoms with Gasteiger partial charge in [-0.05, 0) is 57.0 Å². The number of rotatable bonds is 9. The van der Waals surface area contributed by atoms with Gasteiger partial charge in [0.2, 0.25) is 0 Å². The van der Waals surface area contributed by atoms with Crippen molar-refractivity contribution in [3.8, 4) is 17.1 Å². The molecule has 8 nitrogen and oxygen atoms in total. The van der Waals surface area contributed by atoms with Gasteiger partial charge in [-0.2, -0.15) is 0 Å². The lowest BCUT2D eigenvalue weighted by atomic mass is 10.1. The van der Waals surface area contributed by atoms with E-state index in [1.165, 1.54) is 17.4 Å². The number of likely N-dealkylation sites (tertiary alicyclic amines) is 1. The molecule has 1 aliphatic heterocycles. The molecule has 0 amide bonds. The van der Waals surface area contributed by atoms with Gasteiger partial charge in [0.1, 0.15) is 17.5 Å². The quantitative estimate of drug-likeness (QED) is 0.266. The first-order valence-electron chi connectivity index (χ1n) is 12.8. The molecule has 1 saturated heterocycles. The number of carbonyl (C=O) groups is 1. The minimum atomic E-state index is -0.115. The van der Waals surface area contributed by atoms with Gasteiger partial charge < -0.3 is 9.64 Å². The number of hydrogen-bond donors (Lipinski definition) is 0. The summed E-state index contributed by atoms with van der Waals surface area (Å²) in [6.07, 6.45) is 6.26. The third-order valence-corrected chi connectivity index (χ3v) is 8.06. The predicted octanol–water partition coefficient (Wildman–Crippen LogP) is 5.20. The minimum absolute atomic E-state index is 0.0332. The number of pyridine rings is 1. The van der Waals surface area contributed by atoms with E-state index in [2.05, 4.69) is 29.1 Å². The SMILES string of the molecule is CC(C)N1CCC(Oc2cc(-n3ccccc3=O)ccc2-n2cc(CCC(=O)c3ccc(Cl)s3)nn2)CC1. The van der Waals surface area contributed by atoms with Crippen molar-refractivity contribution in [3.05, 3.63) is 86.2 Å². The van der Waals surface area contributed by atoms with Crippen molar-refractivity contribution in [2.45, 2.75) is 51.7 Å². The Morgan fingerprint density at radius 3 is 2.68 bits per heavy atom. The number of thiophene rings is 1. The Morgan fingerprint density at radius 2 is 1.97 bits per heavy atom. The van der Waals surface area contributed by atoms with Gasteiger partial charge >= 0.3 is 0 Å². The zero-order valence-electron chi connectivity index (χ0n) is 21.4. The smallest absolute Gasteiger partial charge is 0.255 e. The topological polar surface area (TPSA) is 82.2 Å². The van der Waals surface area contributed by atoms with E-state index in [0.717, 1.165) is 37.3 Å². The molecule has 0 atom stereocenters. The van der Waals surface area contributed by atoms with Crippen LogP contribution in [0.4, 0.5) is 0 Å². The Bertz CT molecular complexity index is 1470. The van der Waals surface area contributed by atoms with Crippen LogP contribution in [-0.4, -0.2) is 55.5 Å². The maximum Gasteiger partial charge on any atom is 0.255 e. The Labute approximate surface area is 230 Å². The number of ether oxygens (including phenoxy) is 1. The minimum Gasteiger partial charge on any atom is -0.488 e. The highest BCUT2D eigenvalue weighted by molar-refractivity contribution is 7.18. The van der Waals surface area contributed by atoms with Crippen LogP contribution in [0.1, 0.15) is 48.5 Å². The molecule has 1 aliphatic rings. The number of aromatic nitrogens is 4. The van der Waals surface area contributed by atoms with E-state index in [9.17, 15) is 9.59 Å². The molecule has 5 rings (SSSR count). The van der Waals surface area contributed by atoms with Crippen molar-refractivity contribution in [2.75, 3.05) is 13.1 Å². The lowest BCUT2D eigenvalue weighted by molar-refractivity contribution is 0.0841. The van der Waals surface area contributed by atoms with Gasteiger partial charge in [-0.3, -0.25) is 14.2 Å². The van der Waals surface area contributed by atoms with Crippen LogP contribution in [0.3, 0.4) is 0 Å². The molecule has 0 spiro atoms. The number of nitrogens with zero attached hydrogens (tertiary/aromatic N) is 5. The number of aryl methyl sites for hydroxylation is 1. The zero-order chi connectivity index (χ0) is 26.6. The fourth-order valence-corrected chi connectivity index (χ4v) is 5.64. The van der Waals surface area contributed by atoms with Crippen LogP contribution in [0.15, 0.2) is 65.7 Å². The first-order chi connectivity index (χ1) is 18.4. The molecular formula is C28H30ClN5O3S. The standard InChI is InChI=1S/C28H30ClN5O3S/c1-19(2)32-15-12-22(13-16-32)37-25-17-21(33-14-4-3-5-28(33)36)7-8-23(25)34-18-20(30-31-34)6-9-24(35)26-10-11-27(29)38-26/h3-5,7-8,10-11,14,17-19,22H,6,9,12-13,15-16H2,1-2H3. The van der Waals surface area contributed by atoms with E-state index < -0.39 is 0 Å². The van der Waals surface area contributed by atoms with Crippen LogP contribution in [0.2, 0.25) is 4.34 Å². The Kier molecular flexibility index (Phi) is 8.06. The van der Waals surface area contributed by atoms with Gasteiger partial charge in [0.25, 0.3) is 5.56 Å². The van der Waals surface area contributed by atoms with Crippen LogP contribution in [0, 0.1) is 0 Å². The highest BCUT2D eigenvalue weighted by Crippen LogP contribution is 2.29. The Hall–Kier alpha value is -3.27. The summed E-state index contributed by atoms with van der Waals surface area (Å²) >= 11 is 7.25. The van der Waals surface area contributed by atoms with E-state index >= 15 is 0 Å². The summed E-state index contributed by atoms with van der Waals surface area (Å²) in [5.41, 5.74) is 2.05. The monoisotopic (exact) mass is 551 g/mol. The molecule has 1 fully saturated rings. The van der Waals surface area contributed by atoms with Gasteiger partial charge in [0.15, 0.2) is 5.78 Å². The molecule has 3 aromatic heterocycles. The molecule has 4 heterocycles. The highest BCUT2D eigenvalue weighted by atomic mass is 35.5. The maximum absolute atomic E-state index is 12.5. The van der Waals surface area contributed by atoms with Gasteiger partial charge in [0.05, 0.1) is 26.8 Å². The first kappa shape index (κ1) is 26.3. The molecule has 10 heteroatoms. The van der Waals surface area contributed by atoms with Crippen LogP contribution < -0.4 is 10.3 Å². The molecule has 198 valence electrons. The third kappa shape index (κ3) is 6.06. The van der Waals surface area contributed by atoms with E-state index in [1.54, 1.807) is 33.6 Å². The predicted molar refractivity (Wildman–Crippen MR) is 149 cm³/mol. The summed E-state index contributed by atoms with van der Waals surface area (Å²) in [7, 11) is 0.